The molecule has 3 heteroatoms. The van der Waals surface area contributed by atoms with Crippen LogP contribution in [0.3, 0.4) is 0 Å². The van der Waals surface area contributed by atoms with Crippen molar-refractivity contribution in [3.8, 4) is 0 Å². The topological polar surface area (TPSA) is 43.4 Å². The largest absolute Gasteiger partial charge is 0.459 e. The van der Waals surface area contributed by atoms with Gasteiger partial charge in [-0.2, -0.15) is 0 Å². The normalized spacial score (nSPS) is 37.4. The Bertz CT molecular complexity index is 383. The van der Waals surface area contributed by atoms with E-state index < -0.39 is 5.60 Å². The lowest BCUT2D eigenvalue weighted by atomic mass is 9.76. The van der Waals surface area contributed by atoms with Crippen LogP contribution in [0.5, 0.6) is 0 Å². The molecule has 0 amide bonds. The number of esters is 1. The molecule has 2 aliphatic carbocycles. The van der Waals surface area contributed by atoms with Crippen LogP contribution in [0.1, 0.15) is 53.9 Å². The molecule has 5 atom stereocenters. The number of carbonyl (C=O) groups excluding carboxylic acids is 2. The lowest BCUT2D eigenvalue weighted by Crippen LogP contribution is -2.37. The third-order valence-corrected chi connectivity index (χ3v) is 5.25. The first kappa shape index (κ1) is 14.5. The fraction of sp³-hybridized carbons (Fsp3) is 0.875. The highest BCUT2D eigenvalue weighted by molar-refractivity contribution is 5.78. The first-order valence-corrected chi connectivity index (χ1v) is 7.43. The maximum absolute atomic E-state index is 12.4. The van der Waals surface area contributed by atoms with E-state index in [-0.39, 0.29) is 17.7 Å². The molecule has 108 valence electrons. The maximum atomic E-state index is 12.4. The summed E-state index contributed by atoms with van der Waals surface area (Å²) in [5.74, 6) is 2.56. The van der Waals surface area contributed by atoms with Gasteiger partial charge in [-0.25, -0.2) is 0 Å². The summed E-state index contributed by atoms with van der Waals surface area (Å²) in [4.78, 5) is 23.5. The van der Waals surface area contributed by atoms with Crippen molar-refractivity contribution in [2.24, 2.45) is 29.6 Å². The number of fused-ring (bicyclic) bond motifs is 2. The highest BCUT2D eigenvalue weighted by Crippen LogP contribution is 2.55. The average molecular weight is 266 g/mol. The highest BCUT2D eigenvalue weighted by atomic mass is 16.6. The molecule has 2 aliphatic rings. The van der Waals surface area contributed by atoms with Gasteiger partial charge in [-0.3, -0.25) is 9.59 Å². The molecule has 0 aromatic heterocycles. The molecule has 0 heterocycles. The zero-order valence-corrected chi connectivity index (χ0v) is 12.7. The van der Waals surface area contributed by atoms with Crippen LogP contribution in [-0.2, 0) is 14.3 Å². The Labute approximate surface area is 116 Å². The standard InChI is InChI=1S/C16H26O3/c1-9(17)8-16(4,5)19-15(18)14-7-12-6-13(14)11(3)10(12)2/h10-14H,6-8H2,1-5H3. The minimum absolute atomic E-state index is 0.0578. The molecule has 2 bridgehead atoms. The van der Waals surface area contributed by atoms with Gasteiger partial charge in [0, 0.05) is 6.42 Å². The van der Waals surface area contributed by atoms with E-state index in [2.05, 4.69) is 13.8 Å². The predicted octanol–water partition coefficient (Wildman–Crippen LogP) is 3.22. The van der Waals surface area contributed by atoms with Crippen molar-refractivity contribution in [2.75, 3.05) is 0 Å². The Kier molecular flexibility index (Phi) is 3.76. The average Bonchev–Trinajstić information content (AvgIpc) is 2.77. The molecule has 0 spiro atoms. The van der Waals surface area contributed by atoms with Gasteiger partial charge >= 0.3 is 5.97 Å². The summed E-state index contributed by atoms with van der Waals surface area (Å²) in [5, 5.41) is 0. The van der Waals surface area contributed by atoms with Crippen LogP contribution in [-0.4, -0.2) is 17.4 Å². The number of rotatable bonds is 4. The molecule has 0 aliphatic heterocycles. The van der Waals surface area contributed by atoms with Gasteiger partial charge in [0.25, 0.3) is 0 Å². The molecule has 0 saturated heterocycles. The third kappa shape index (κ3) is 2.85. The molecule has 2 saturated carbocycles. The van der Waals surface area contributed by atoms with Crippen molar-refractivity contribution in [3.63, 3.8) is 0 Å². The van der Waals surface area contributed by atoms with Crippen LogP contribution in [0.4, 0.5) is 0 Å². The van der Waals surface area contributed by atoms with Crippen molar-refractivity contribution in [2.45, 2.75) is 59.5 Å². The minimum Gasteiger partial charge on any atom is -0.459 e. The summed E-state index contributed by atoms with van der Waals surface area (Å²) >= 11 is 0. The molecular weight excluding hydrogens is 240 g/mol. The minimum atomic E-state index is -0.667. The summed E-state index contributed by atoms with van der Waals surface area (Å²) < 4.78 is 5.61. The second-order valence-corrected chi connectivity index (χ2v) is 7.28. The Morgan fingerprint density at radius 3 is 2.26 bits per heavy atom. The second kappa shape index (κ2) is 4.92. The van der Waals surface area contributed by atoms with Gasteiger partial charge in [-0.05, 0) is 57.3 Å². The smallest absolute Gasteiger partial charge is 0.309 e. The zero-order valence-electron chi connectivity index (χ0n) is 12.7. The van der Waals surface area contributed by atoms with Crippen LogP contribution >= 0.6 is 0 Å². The van der Waals surface area contributed by atoms with Gasteiger partial charge in [-0.1, -0.05) is 13.8 Å². The van der Waals surface area contributed by atoms with Gasteiger partial charge in [0.1, 0.15) is 11.4 Å². The number of carbonyl (C=O) groups is 2. The maximum Gasteiger partial charge on any atom is 0.309 e. The quantitative estimate of drug-likeness (QED) is 0.734. The Morgan fingerprint density at radius 2 is 1.79 bits per heavy atom. The van der Waals surface area contributed by atoms with Crippen molar-refractivity contribution in [3.05, 3.63) is 0 Å². The van der Waals surface area contributed by atoms with E-state index in [4.69, 9.17) is 4.74 Å². The summed E-state index contributed by atoms with van der Waals surface area (Å²) in [6.07, 6.45) is 2.45. The first-order valence-electron chi connectivity index (χ1n) is 7.43. The van der Waals surface area contributed by atoms with E-state index in [0.717, 1.165) is 12.3 Å². The van der Waals surface area contributed by atoms with Gasteiger partial charge in [0.05, 0.1) is 5.92 Å². The monoisotopic (exact) mass is 266 g/mol. The SMILES string of the molecule is CC(=O)CC(C)(C)OC(=O)C1CC2CC1C(C)C2C. The van der Waals surface area contributed by atoms with Crippen LogP contribution in [0, 0.1) is 29.6 Å². The molecule has 5 unspecified atom stereocenters. The lowest BCUT2D eigenvalue weighted by molar-refractivity contribution is -0.165. The number of hydrogen-bond acceptors (Lipinski definition) is 3. The molecule has 0 radical (unpaired) electrons. The van der Waals surface area contributed by atoms with E-state index in [1.165, 1.54) is 13.3 Å². The fourth-order valence-corrected chi connectivity index (χ4v) is 4.20. The summed E-state index contributed by atoms with van der Waals surface area (Å²) in [6.45, 7) is 9.75. The van der Waals surface area contributed by atoms with Crippen molar-refractivity contribution >= 4 is 11.8 Å². The van der Waals surface area contributed by atoms with E-state index in [1.807, 2.05) is 13.8 Å². The fourth-order valence-electron chi connectivity index (χ4n) is 4.20. The van der Waals surface area contributed by atoms with Gasteiger partial charge in [-0.15, -0.1) is 0 Å². The van der Waals surface area contributed by atoms with Crippen molar-refractivity contribution in [1.82, 2.24) is 0 Å². The number of hydrogen-bond donors (Lipinski definition) is 0. The molecule has 3 nitrogen and oxygen atoms in total. The van der Waals surface area contributed by atoms with E-state index in [1.54, 1.807) is 0 Å². The molecule has 0 aromatic rings. The van der Waals surface area contributed by atoms with Crippen LogP contribution in [0.15, 0.2) is 0 Å². The van der Waals surface area contributed by atoms with E-state index in [9.17, 15) is 9.59 Å². The number of ketones is 1. The number of Topliss-reactive ketones (excluding diaryl/α,β-unsaturated/α-hetero) is 1. The number of ether oxygens (including phenoxy) is 1. The second-order valence-electron chi connectivity index (χ2n) is 7.28. The summed E-state index contributed by atoms with van der Waals surface area (Å²) in [6, 6.07) is 0. The summed E-state index contributed by atoms with van der Waals surface area (Å²) in [7, 11) is 0. The van der Waals surface area contributed by atoms with Crippen LogP contribution in [0.2, 0.25) is 0 Å². The molecule has 0 aromatic carbocycles. The van der Waals surface area contributed by atoms with Gasteiger partial charge in [0.2, 0.25) is 0 Å². The van der Waals surface area contributed by atoms with E-state index >= 15 is 0 Å². The predicted molar refractivity (Wildman–Crippen MR) is 73.5 cm³/mol. The van der Waals surface area contributed by atoms with Gasteiger partial charge in [0.15, 0.2) is 0 Å². The molecular formula is C16H26O3. The molecule has 2 rings (SSSR count). The Hall–Kier alpha value is -0.860. The van der Waals surface area contributed by atoms with E-state index in [0.29, 0.717) is 24.2 Å². The Morgan fingerprint density at radius 1 is 1.16 bits per heavy atom. The third-order valence-electron chi connectivity index (χ3n) is 5.25. The Balaban J connectivity index is 1.97. The molecule has 0 N–H and O–H groups in total. The van der Waals surface area contributed by atoms with Crippen molar-refractivity contribution < 1.29 is 14.3 Å². The van der Waals surface area contributed by atoms with Crippen LogP contribution < -0.4 is 0 Å². The van der Waals surface area contributed by atoms with Crippen molar-refractivity contribution in [1.29, 1.82) is 0 Å². The first-order chi connectivity index (χ1) is 8.71. The van der Waals surface area contributed by atoms with Gasteiger partial charge < -0.3 is 4.74 Å². The van der Waals surface area contributed by atoms with Crippen LogP contribution in [0.25, 0.3) is 0 Å². The molecule has 19 heavy (non-hydrogen) atoms. The highest BCUT2D eigenvalue weighted by Gasteiger charge is 2.52. The lowest BCUT2D eigenvalue weighted by Gasteiger charge is -2.33. The summed E-state index contributed by atoms with van der Waals surface area (Å²) in [5.41, 5.74) is -0.667. The zero-order chi connectivity index (χ0) is 14.4. The molecule has 2 fully saturated rings.